The van der Waals surface area contributed by atoms with Crippen LogP contribution in [-0.4, -0.2) is 30.2 Å². The maximum Gasteiger partial charge on any atom is 0.374 e. The van der Waals surface area contributed by atoms with Crippen molar-refractivity contribution in [3.05, 3.63) is 23.7 Å². The van der Waals surface area contributed by atoms with E-state index in [1.807, 2.05) is 0 Å². The summed E-state index contributed by atoms with van der Waals surface area (Å²) in [5.74, 6) is -0.511. The minimum atomic E-state index is -0.818. The first-order valence-electron chi connectivity index (χ1n) is 6.56. The van der Waals surface area contributed by atoms with Crippen molar-refractivity contribution in [2.75, 3.05) is 13.2 Å². The van der Waals surface area contributed by atoms with Gasteiger partial charge in [-0.1, -0.05) is 0 Å². The van der Waals surface area contributed by atoms with Gasteiger partial charge in [0.1, 0.15) is 5.76 Å². The van der Waals surface area contributed by atoms with Gasteiger partial charge in [-0.3, -0.25) is 4.79 Å². The van der Waals surface area contributed by atoms with Gasteiger partial charge in [0.15, 0.2) is 0 Å². The molecule has 0 aliphatic heterocycles. The van der Waals surface area contributed by atoms with Gasteiger partial charge in [-0.05, 0) is 45.9 Å². The maximum atomic E-state index is 11.4. The van der Waals surface area contributed by atoms with Crippen LogP contribution in [0, 0.1) is 5.41 Å². The molecule has 0 saturated heterocycles. The molecule has 0 unspecified atom stereocenters. The molecule has 6 heteroatoms. The molecule has 2 N–H and O–H groups in total. The molecular formula is C14H21NO5. The molecule has 1 aromatic heterocycles. The molecule has 0 aromatic carbocycles. The number of carbonyl (C=O) groups excluding carboxylic acids is 1. The Labute approximate surface area is 118 Å². The number of hydrogen-bond acceptors (Lipinski definition) is 5. The Morgan fingerprint density at radius 1 is 1.40 bits per heavy atom. The van der Waals surface area contributed by atoms with E-state index in [1.165, 1.54) is 0 Å². The van der Waals surface area contributed by atoms with Crippen LogP contribution in [-0.2, 0) is 16.1 Å². The summed E-state index contributed by atoms with van der Waals surface area (Å²) in [5.41, 5.74) is -0.758. The quantitative estimate of drug-likeness (QED) is 0.560. The van der Waals surface area contributed by atoms with Crippen molar-refractivity contribution in [2.45, 2.75) is 33.7 Å². The van der Waals surface area contributed by atoms with Gasteiger partial charge in [-0.15, -0.1) is 0 Å². The average molecular weight is 283 g/mol. The molecule has 0 bridgehead atoms. The van der Waals surface area contributed by atoms with E-state index in [4.69, 9.17) is 14.3 Å². The molecule has 0 amide bonds. The standard InChI is InChI=1S/C14H21NO5/c1-4-19-12(16)11-6-5-10(20-11)9-15-8-7-14(2,3)13(17)18/h5-6,15H,4,7-9H2,1-3H3,(H,17,18). The van der Waals surface area contributed by atoms with E-state index >= 15 is 0 Å². The third kappa shape index (κ3) is 4.70. The van der Waals surface area contributed by atoms with Crippen LogP contribution >= 0.6 is 0 Å². The molecule has 112 valence electrons. The van der Waals surface area contributed by atoms with Gasteiger partial charge in [-0.25, -0.2) is 4.79 Å². The monoisotopic (exact) mass is 283 g/mol. The molecule has 0 saturated carbocycles. The molecular weight excluding hydrogens is 262 g/mol. The molecule has 1 aromatic rings. The Bertz CT molecular complexity index is 464. The van der Waals surface area contributed by atoms with E-state index < -0.39 is 17.4 Å². The molecule has 0 fully saturated rings. The Morgan fingerprint density at radius 3 is 2.70 bits per heavy atom. The summed E-state index contributed by atoms with van der Waals surface area (Å²) in [6.07, 6.45) is 0.508. The number of hydrogen-bond donors (Lipinski definition) is 2. The molecule has 1 rings (SSSR count). The molecule has 1 heterocycles. The summed E-state index contributed by atoms with van der Waals surface area (Å²) >= 11 is 0. The summed E-state index contributed by atoms with van der Waals surface area (Å²) in [6, 6.07) is 3.26. The molecule has 0 radical (unpaired) electrons. The van der Waals surface area contributed by atoms with Crippen LogP contribution in [0.4, 0.5) is 0 Å². The molecule has 0 aliphatic carbocycles. The number of carboxylic acid groups (broad SMARTS) is 1. The summed E-state index contributed by atoms with van der Waals surface area (Å²) < 4.78 is 10.1. The van der Waals surface area contributed by atoms with Crippen LogP contribution in [0.25, 0.3) is 0 Å². The predicted molar refractivity (Wildman–Crippen MR) is 72.4 cm³/mol. The maximum absolute atomic E-state index is 11.4. The lowest BCUT2D eigenvalue weighted by molar-refractivity contribution is -0.147. The summed E-state index contributed by atoms with van der Waals surface area (Å²) in [4.78, 5) is 22.3. The van der Waals surface area contributed by atoms with E-state index in [9.17, 15) is 9.59 Å². The zero-order valence-electron chi connectivity index (χ0n) is 12.1. The molecule has 6 nitrogen and oxygen atoms in total. The third-order valence-electron chi connectivity index (χ3n) is 2.94. The van der Waals surface area contributed by atoms with Crippen molar-refractivity contribution in [2.24, 2.45) is 5.41 Å². The normalized spacial score (nSPS) is 11.3. The lowest BCUT2D eigenvalue weighted by Crippen LogP contribution is -2.28. The summed E-state index contributed by atoms with van der Waals surface area (Å²) in [6.45, 7) is 6.39. The highest BCUT2D eigenvalue weighted by Crippen LogP contribution is 2.19. The van der Waals surface area contributed by atoms with Crippen LogP contribution in [0.15, 0.2) is 16.5 Å². The minimum Gasteiger partial charge on any atom is -0.481 e. The Morgan fingerprint density at radius 2 is 2.10 bits per heavy atom. The van der Waals surface area contributed by atoms with Crippen LogP contribution in [0.5, 0.6) is 0 Å². The highest BCUT2D eigenvalue weighted by Gasteiger charge is 2.26. The lowest BCUT2D eigenvalue weighted by Gasteiger charge is -2.18. The zero-order chi connectivity index (χ0) is 15.2. The fourth-order valence-corrected chi connectivity index (χ4v) is 1.50. The highest BCUT2D eigenvalue weighted by molar-refractivity contribution is 5.86. The number of esters is 1. The van der Waals surface area contributed by atoms with Crippen molar-refractivity contribution >= 4 is 11.9 Å². The second kappa shape index (κ2) is 7.09. The highest BCUT2D eigenvalue weighted by atomic mass is 16.5. The van der Waals surface area contributed by atoms with Crippen LogP contribution in [0.2, 0.25) is 0 Å². The smallest absolute Gasteiger partial charge is 0.374 e. The molecule has 0 aliphatic rings. The first-order chi connectivity index (χ1) is 9.36. The second-order valence-electron chi connectivity index (χ2n) is 5.10. The number of aliphatic carboxylic acids is 1. The van der Waals surface area contributed by atoms with E-state index in [2.05, 4.69) is 5.32 Å². The SMILES string of the molecule is CCOC(=O)c1ccc(CNCCC(C)(C)C(=O)O)o1. The van der Waals surface area contributed by atoms with Crippen LogP contribution < -0.4 is 5.32 Å². The Balaban J connectivity index is 2.36. The van der Waals surface area contributed by atoms with E-state index in [0.717, 1.165) is 0 Å². The van der Waals surface area contributed by atoms with Gasteiger partial charge < -0.3 is 19.6 Å². The Kier molecular flexibility index (Phi) is 5.76. The minimum absolute atomic E-state index is 0.175. The van der Waals surface area contributed by atoms with Crippen LogP contribution in [0.1, 0.15) is 43.5 Å². The fourth-order valence-electron chi connectivity index (χ4n) is 1.50. The number of rotatable bonds is 8. The van der Waals surface area contributed by atoms with Gasteiger partial charge in [0, 0.05) is 0 Å². The van der Waals surface area contributed by atoms with Crippen molar-refractivity contribution < 1.29 is 23.8 Å². The van der Waals surface area contributed by atoms with Gasteiger partial charge >= 0.3 is 11.9 Å². The first kappa shape index (κ1) is 16.2. The largest absolute Gasteiger partial charge is 0.481 e. The Hall–Kier alpha value is -1.82. The second-order valence-corrected chi connectivity index (χ2v) is 5.10. The van der Waals surface area contributed by atoms with Crippen molar-refractivity contribution in [1.29, 1.82) is 0 Å². The number of carboxylic acids is 1. The van der Waals surface area contributed by atoms with Crippen molar-refractivity contribution in [3.63, 3.8) is 0 Å². The summed E-state index contributed by atoms with van der Waals surface area (Å²) in [5, 5.41) is 12.1. The van der Waals surface area contributed by atoms with Gasteiger partial charge in [-0.2, -0.15) is 0 Å². The average Bonchev–Trinajstić information content (AvgIpc) is 2.83. The zero-order valence-corrected chi connectivity index (χ0v) is 12.1. The fraction of sp³-hybridized carbons (Fsp3) is 0.571. The number of carbonyl (C=O) groups is 2. The first-order valence-corrected chi connectivity index (χ1v) is 6.56. The lowest BCUT2D eigenvalue weighted by atomic mass is 9.90. The number of furan rings is 1. The number of ether oxygens (including phenoxy) is 1. The van der Waals surface area contributed by atoms with E-state index in [0.29, 0.717) is 31.9 Å². The molecule has 0 spiro atoms. The molecule has 20 heavy (non-hydrogen) atoms. The van der Waals surface area contributed by atoms with Crippen LogP contribution in [0.3, 0.4) is 0 Å². The summed E-state index contributed by atoms with van der Waals surface area (Å²) in [7, 11) is 0. The number of nitrogens with one attached hydrogen (secondary N) is 1. The van der Waals surface area contributed by atoms with E-state index in [-0.39, 0.29) is 5.76 Å². The van der Waals surface area contributed by atoms with Crippen molar-refractivity contribution in [3.8, 4) is 0 Å². The van der Waals surface area contributed by atoms with Gasteiger partial charge in [0.2, 0.25) is 5.76 Å². The third-order valence-corrected chi connectivity index (χ3v) is 2.94. The van der Waals surface area contributed by atoms with Gasteiger partial charge in [0.05, 0.1) is 18.6 Å². The van der Waals surface area contributed by atoms with Crippen molar-refractivity contribution in [1.82, 2.24) is 5.32 Å². The molecule has 0 atom stereocenters. The van der Waals surface area contributed by atoms with Gasteiger partial charge in [0.25, 0.3) is 0 Å². The van der Waals surface area contributed by atoms with E-state index in [1.54, 1.807) is 32.9 Å². The topological polar surface area (TPSA) is 88.8 Å². The predicted octanol–water partition coefficient (Wildman–Crippen LogP) is 2.05.